The van der Waals surface area contributed by atoms with Crippen molar-refractivity contribution >= 4 is 11.6 Å². The molecule has 0 bridgehead atoms. The second-order valence-electron chi connectivity index (χ2n) is 5.75. The summed E-state index contributed by atoms with van der Waals surface area (Å²) in [6.07, 6.45) is 5.22. The van der Waals surface area contributed by atoms with Crippen LogP contribution in [0.3, 0.4) is 0 Å². The molecule has 1 amide bonds. The fraction of sp³-hybridized carbons (Fsp3) is 0.412. The summed E-state index contributed by atoms with van der Waals surface area (Å²) in [5.74, 6) is 0.937. The van der Waals surface area contributed by atoms with Crippen LogP contribution in [0.15, 0.2) is 30.6 Å². The number of ether oxygens (including phenoxy) is 1. The Hall–Kier alpha value is -2.34. The van der Waals surface area contributed by atoms with E-state index >= 15 is 0 Å². The lowest BCUT2D eigenvalue weighted by atomic mass is 10.0. The van der Waals surface area contributed by atoms with Crippen molar-refractivity contribution in [1.82, 2.24) is 15.1 Å². The lowest BCUT2D eigenvalue weighted by Gasteiger charge is -2.17. The zero-order valence-electron chi connectivity index (χ0n) is 13.3. The molecule has 23 heavy (non-hydrogen) atoms. The van der Waals surface area contributed by atoms with Crippen LogP contribution in [0, 0.1) is 6.92 Å². The SMILES string of the molecule is Cc1cnn(CCNCCOc2ccc3c(c2)CCC(=O)N3)c1. The minimum atomic E-state index is 0.0859. The van der Waals surface area contributed by atoms with Gasteiger partial charge in [0, 0.05) is 31.4 Å². The average molecular weight is 314 g/mol. The zero-order chi connectivity index (χ0) is 16.1. The molecule has 3 rings (SSSR count). The molecule has 1 aromatic carbocycles. The third-order valence-electron chi connectivity index (χ3n) is 3.80. The second kappa shape index (κ2) is 7.28. The molecule has 1 aliphatic heterocycles. The maximum atomic E-state index is 11.3. The van der Waals surface area contributed by atoms with E-state index in [4.69, 9.17) is 4.74 Å². The molecular weight excluding hydrogens is 292 g/mol. The number of amides is 1. The summed E-state index contributed by atoms with van der Waals surface area (Å²) in [5, 5.41) is 10.5. The molecule has 0 unspecified atom stereocenters. The first kappa shape index (κ1) is 15.6. The molecule has 6 nitrogen and oxygen atoms in total. The highest BCUT2D eigenvalue weighted by atomic mass is 16.5. The Morgan fingerprint density at radius 3 is 3.09 bits per heavy atom. The molecule has 6 heteroatoms. The number of nitrogens with one attached hydrogen (secondary N) is 2. The molecule has 2 aromatic rings. The van der Waals surface area contributed by atoms with Crippen molar-refractivity contribution in [3.05, 3.63) is 41.7 Å². The minimum Gasteiger partial charge on any atom is -0.492 e. The monoisotopic (exact) mass is 314 g/mol. The first-order valence-corrected chi connectivity index (χ1v) is 7.96. The minimum absolute atomic E-state index is 0.0859. The fourth-order valence-corrected chi connectivity index (χ4v) is 2.60. The van der Waals surface area contributed by atoms with Gasteiger partial charge in [0.15, 0.2) is 0 Å². The number of anilines is 1. The summed E-state index contributed by atoms with van der Waals surface area (Å²) in [5.41, 5.74) is 3.22. The van der Waals surface area contributed by atoms with E-state index in [2.05, 4.69) is 15.7 Å². The van der Waals surface area contributed by atoms with E-state index in [9.17, 15) is 4.79 Å². The van der Waals surface area contributed by atoms with Crippen LogP contribution in [-0.4, -0.2) is 35.4 Å². The van der Waals surface area contributed by atoms with E-state index in [0.29, 0.717) is 13.0 Å². The summed E-state index contributed by atoms with van der Waals surface area (Å²) >= 11 is 0. The largest absolute Gasteiger partial charge is 0.492 e. The van der Waals surface area contributed by atoms with Crippen LogP contribution in [0.25, 0.3) is 0 Å². The number of carbonyl (C=O) groups excluding carboxylic acids is 1. The Kier molecular flexibility index (Phi) is 4.92. The van der Waals surface area contributed by atoms with E-state index in [1.807, 2.05) is 42.2 Å². The smallest absolute Gasteiger partial charge is 0.224 e. The molecular formula is C17H22N4O2. The molecule has 1 aromatic heterocycles. The van der Waals surface area contributed by atoms with Gasteiger partial charge in [0.25, 0.3) is 0 Å². The van der Waals surface area contributed by atoms with Gasteiger partial charge in [0.1, 0.15) is 12.4 Å². The molecule has 0 aliphatic carbocycles. The van der Waals surface area contributed by atoms with E-state index in [1.165, 1.54) is 5.56 Å². The number of rotatable bonds is 7. The Morgan fingerprint density at radius 1 is 1.35 bits per heavy atom. The van der Waals surface area contributed by atoms with Crippen LogP contribution in [0.4, 0.5) is 5.69 Å². The molecule has 0 atom stereocenters. The van der Waals surface area contributed by atoms with Gasteiger partial charge in [-0.3, -0.25) is 9.48 Å². The summed E-state index contributed by atoms with van der Waals surface area (Å²) in [6, 6.07) is 5.83. The van der Waals surface area contributed by atoms with Crippen LogP contribution in [0.5, 0.6) is 5.75 Å². The number of hydrogen-bond donors (Lipinski definition) is 2. The van der Waals surface area contributed by atoms with Crippen LogP contribution >= 0.6 is 0 Å². The quantitative estimate of drug-likeness (QED) is 0.764. The van der Waals surface area contributed by atoms with Crippen LogP contribution in [-0.2, 0) is 17.8 Å². The standard InChI is InChI=1S/C17H22N4O2/c1-13-11-19-21(12-13)8-6-18-7-9-23-15-3-4-16-14(10-15)2-5-17(22)20-16/h3-4,10-12,18H,2,5-9H2,1H3,(H,20,22). The topological polar surface area (TPSA) is 68.2 Å². The third kappa shape index (κ3) is 4.32. The van der Waals surface area contributed by atoms with E-state index in [-0.39, 0.29) is 5.91 Å². The van der Waals surface area contributed by atoms with Gasteiger partial charge in [-0.05, 0) is 42.7 Å². The van der Waals surface area contributed by atoms with Crippen LogP contribution in [0.2, 0.25) is 0 Å². The lowest BCUT2D eigenvalue weighted by Crippen LogP contribution is -2.25. The number of hydrogen-bond acceptors (Lipinski definition) is 4. The fourth-order valence-electron chi connectivity index (χ4n) is 2.60. The highest BCUT2D eigenvalue weighted by Gasteiger charge is 2.14. The van der Waals surface area contributed by atoms with E-state index in [0.717, 1.165) is 43.1 Å². The van der Waals surface area contributed by atoms with Gasteiger partial charge in [-0.1, -0.05) is 0 Å². The predicted molar refractivity (Wildman–Crippen MR) is 88.7 cm³/mol. The summed E-state index contributed by atoms with van der Waals surface area (Å²) in [4.78, 5) is 11.3. The normalized spacial score (nSPS) is 13.5. The van der Waals surface area contributed by atoms with Gasteiger partial charge in [-0.25, -0.2) is 0 Å². The molecule has 0 spiro atoms. The van der Waals surface area contributed by atoms with E-state index in [1.54, 1.807) is 0 Å². The summed E-state index contributed by atoms with van der Waals surface area (Å²) < 4.78 is 7.69. The Balaban J connectivity index is 1.37. The van der Waals surface area contributed by atoms with Crippen LogP contribution < -0.4 is 15.4 Å². The van der Waals surface area contributed by atoms with Crippen molar-refractivity contribution in [2.75, 3.05) is 25.0 Å². The molecule has 0 radical (unpaired) electrons. The van der Waals surface area contributed by atoms with Gasteiger partial charge in [0.2, 0.25) is 5.91 Å². The first-order valence-electron chi connectivity index (χ1n) is 7.96. The number of nitrogens with zero attached hydrogens (tertiary/aromatic N) is 2. The molecule has 0 saturated carbocycles. The maximum Gasteiger partial charge on any atom is 0.224 e. The zero-order valence-corrected chi connectivity index (χ0v) is 13.3. The lowest BCUT2D eigenvalue weighted by molar-refractivity contribution is -0.116. The Labute approximate surface area is 135 Å². The number of fused-ring (bicyclic) bond motifs is 1. The maximum absolute atomic E-state index is 11.3. The van der Waals surface area contributed by atoms with Crippen molar-refractivity contribution in [3.63, 3.8) is 0 Å². The van der Waals surface area contributed by atoms with Crippen molar-refractivity contribution in [1.29, 1.82) is 0 Å². The van der Waals surface area contributed by atoms with Crippen molar-refractivity contribution in [3.8, 4) is 5.75 Å². The third-order valence-corrected chi connectivity index (χ3v) is 3.80. The number of benzene rings is 1. The Bertz CT molecular complexity index is 681. The highest BCUT2D eigenvalue weighted by molar-refractivity contribution is 5.93. The van der Waals surface area contributed by atoms with Crippen molar-refractivity contribution in [2.24, 2.45) is 0 Å². The Morgan fingerprint density at radius 2 is 2.26 bits per heavy atom. The highest BCUT2D eigenvalue weighted by Crippen LogP contribution is 2.26. The first-order chi connectivity index (χ1) is 11.2. The summed E-state index contributed by atoms with van der Waals surface area (Å²) in [6.45, 7) is 5.15. The molecule has 122 valence electrons. The number of aryl methyl sites for hydroxylation is 2. The molecule has 0 saturated heterocycles. The van der Waals surface area contributed by atoms with Crippen molar-refractivity contribution < 1.29 is 9.53 Å². The summed E-state index contributed by atoms with van der Waals surface area (Å²) in [7, 11) is 0. The van der Waals surface area contributed by atoms with Crippen molar-refractivity contribution in [2.45, 2.75) is 26.3 Å². The van der Waals surface area contributed by atoms with Gasteiger partial charge in [-0.2, -0.15) is 5.10 Å². The molecule has 2 heterocycles. The molecule has 1 aliphatic rings. The molecule has 2 N–H and O–H groups in total. The van der Waals surface area contributed by atoms with Crippen LogP contribution in [0.1, 0.15) is 17.5 Å². The van der Waals surface area contributed by atoms with Gasteiger partial charge in [0.05, 0.1) is 12.7 Å². The average Bonchev–Trinajstić information content (AvgIpc) is 2.96. The second-order valence-corrected chi connectivity index (χ2v) is 5.75. The van der Waals surface area contributed by atoms with Gasteiger partial charge >= 0.3 is 0 Å². The predicted octanol–water partition coefficient (Wildman–Crippen LogP) is 1.74. The van der Waals surface area contributed by atoms with E-state index < -0.39 is 0 Å². The number of aromatic nitrogens is 2. The van der Waals surface area contributed by atoms with Gasteiger partial charge in [-0.15, -0.1) is 0 Å². The molecule has 0 fully saturated rings. The number of carbonyl (C=O) groups is 1. The van der Waals surface area contributed by atoms with Gasteiger partial charge < -0.3 is 15.4 Å².